The van der Waals surface area contributed by atoms with Gasteiger partial charge in [-0.3, -0.25) is 4.79 Å². The summed E-state index contributed by atoms with van der Waals surface area (Å²) in [6.45, 7) is 10.9. The van der Waals surface area contributed by atoms with Gasteiger partial charge in [0.15, 0.2) is 0 Å². The molecular formula is C20H34O2. The molecule has 0 rings (SSSR count). The summed E-state index contributed by atoms with van der Waals surface area (Å²) in [5.41, 5.74) is 5.75. The van der Waals surface area contributed by atoms with Crippen LogP contribution < -0.4 is 0 Å². The molecule has 22 heavy (non-hydrogen) atoms. The smallest absolute Gasteiger partial charge is 0.310 e. The minimum Gasteiger partial charge on any atom is -0.466 e. The Morgan fingerprint density at radius 1 is 1.18 bits per heavy atom. The highest BCUT2D eigenvalue weighted by molar-refractivity contribution is 5.72. The average Bonchev–Trinajstić information content (AvgIpc) is 2.49. The van der Waals surface area contributed by atoms with Gasteiger partial charge in [-0.1, -0.05) is 38.8 Å². The van der Waals surface area contributed by atoms with Crippen molar-refractivity contribution in [3.05, 3.63) is 29.0 Å². The van der Waals surface area contributed by atoms with Crippen LogP contribution in [0.1, 0.15) is 79.6 Å². The Morgan fingerprint density at radius 2 is 1.86 bits per heavy atom. The molecule has 0 N–H and O–H groups in total. The van der Waals surface area contributed by atoms with Gasteiger partial charge in [-0.05, 0) is 63.5 Å². The van der Waals surface area contributed by atoms with E-state index in [0.717, 1.165) is 12.0 Å². The first-order chi connectivity index (χ1) is 10.6. The summed E-state index contributed by atoms with van der Waals surface area (Å²) in [6.07, 6.45) is 11.8. The second kappa shape index (κ2) is 13.4. The SMILES string of the molecule is CCOC(=O)CC(C)=C=CCC(CC)CCC=C(CC)CC. The van der Waals surface area contributed by atoms with Gasteiger partial charge in [-0.25, -0.2) is 0 Å². The van der Waals surface area contributed by atoms with Crippen LogP contribution in [0.15, 0.2) is 29.0 Å². The highest BCUT2D eigenvalue weighted by Crippen LogP contribution is 2.18. The number of esters is 1. The predicted octanol–water partition coefficient (Wildman–Crippen LogP) is 5.98. The van der Waals surface area contributed by atoms with Crippen molar-refractivity contribution in [1.29, 1.82) is 0 Å². The fourth-order valence-corrected chi connectivity index (χ4v) is 2.43. The molecule has 0 aliphatic carbocycles. The third-order valence-corrected chi connectivity index (χ3v) is 4.01. The van der Waals surface area contributed by atoms with Gasteiger partial charge in [-0.2, -0.15) is 0 Å². The molecule has 0 amide bonds. The molecule has 0 saturated heterocycles. The molecule has 0 aromatic carbocycles. The van der Waals surface area contributed by atoms with Crippen molar-refractivity contribution in [2.75, 3.05) is 6.61 Å². The molecule has 0 aromatic heterocycles. The van der Waals surface area contributed by atoms with E-state index in [4.69, 9.17) is 4.74 Å². The first-order valence-electron chi connectivity index (χ1n) is 8.81. The molecule has 0 radical (unpaired) electrons. The van der Waals surface area contributed by atoms with Gasteiger partial charge in [0, 0.05) is 0 Å². The molecule has 2 heteroatoms. The summed E-state index contributed by atoms with van der Waals surface area (Å²) in [4.78, 5) is 11.4. The zero-order chi connectivity index (χ0) is 16.8. The monoisotopic (exact) mass is 306 g/mol. The zero-order valence-corrected chi connectivity index (χ0v) is 15.2. The van der Waals surface area contributed by atoms with Crippen LogP contribution in [0.4, 0.5) is 0 Å². The molecule has 0 aliphatic rings. The first-order valence-corrected chi connectivity index (χ1v) is 8.81. The van der Waals surface area contributed by atoms with Crippen LogP contribution in [0.5, 0.6) is 0 Å². The zero-order valence-electron chi connectivity index (χ0n) is 15.2. The molecule has 1 atom stereocenters. The van der Waals surface area contributed by atoms with E-state index in [1.54, 1.807) is 5.57 Å². The summed E-state index contributed by atoms with van der Waals surface area (Å²) in [6, 6.07) is 0. The molecule has 0 spiro atoms. The number of carbonyl (C=O) groups excluding carboxylic acids is 1. The quantitative estimate of drug-likeness (QED) is 0.266. The van der Waals surface area contributed by atoms with Crippen molar-refractivity contribution in [2.24, 2.45) is 5.92 Å². The lowest BCUT2D eigenvalue weighted by Gasteiger charge is -2.11. The Bertz CT molecular complexity index is 392. The first kappa shape index (κ1) is 20.7. The Kier molecular flexibility index (Phi) is 12.6. The van der Waals surface area contributed by atoms with Crippen LogP contribution in [-0.4, -0.2) is 12.6 Å². The molecule has 0 aliphatic heterocycles. The maximum Gasteiger partial charge on any atom is 0.310 e. The van der Waals surface area contributed by atoms with E-state index in [-0.39, 0.29) is 5.97 Å². The Labute approximate surface area is 137 Å². The normalized spacial score (nSPS) is 11.3. The van der Waals surface area contributed by atoms with Gasteiger partial charge < -0.3 is 4.74 Å². The van der Waals surface area contributed by atoms with Crippen LogP contribution in [0.25, 0.3) is 0 Å². The van der Waals surface area contributed by atoms with Gasteiger partial charge in [0.2, 0.25) is 0 Å². The Morgan fingerprint density at radius 3 is 2.41 bits per heavy atom. The lowest BCUT2D eigenvalue weighted by Crippen LogP contribution is -2.03. The predicted molar refractivity (Wildman–Crippen MR) is 94.8 cm³/mol. The van der Waals surface area contributed by atoms with Gasteiger partial charge in [-0.15, -0.1) is 5.73 Å². The topological polar surface area (TPSA) is 26.3 Å². The fourth-order valence-electron chi connectivity index (χ4n) is 2.43. The maximum atomic E-state index is 11.4. The van der Waals surface area contributed by atoms with Crippen molar-refractivity contribution < 1.29 is 9.53 Å². The summed E-state index contributed by atoms with van der Waals surface area (Å²) in [5, 5.41) is 0. The number of ether oxygens (including phenoxy) is 1. The van der Waals surface area contributed by atoms with Crippen molar-refractivity contribution in [3.8, 4) is 0 Å². The molecule has 0 saturated carbocycles. The van der Waals surface area contributed by atoms with E-state index in [1.165, 1.54) is 32.1 Å². The number of carbonyl (C=O) groups is 1. The summed E-state index contributed by atoms with van der Waals surface area (Å²) < 4.78 is 4.94. The third-order valence-electron chi connectivity index (χ3n) is 4.01. The standard InChI is InChI=1S/C20H34O2/c1-6-18(7-2)13-11-15-19(8-3)14-10-12-17(5)16-20(21)22-9-4/h10,13,19H,6-9,11,14-16H2,1-5H3. The minimum absolute atomic E-state index is 0.162. The fraction of sp³-hybridized carbons (Fsp3) is 0.700. The molecular weight excluding hydrogens is 272 g/mol. The second-order valence-corrected chi connectivity index (χ2v) is 5.77. The van der Waals surface area contributed by atoms with Gasteiger partial charge in [0.1, 0.15) is 0 Å². The molecule has 0 fully saturated rings. The van der Waals surface area contributed by atoms with Gasteiger partial charge in [0.05, 0.1) is 13.0 Å². The van der Waals surface area contributed by atoms with Crippen molar-refractivity contribution in [3.63, 3.8) is 0 Å². The highest BCUT2D eigenvalue weighted by Gasteiger charge is 2.04. The molecule has 126 valence electrons. The lowest BCUT2D eigenvalue weighted by molar-refractivity contribution is -0.142. The number of rotatable bonds is 11. The van der Waals surface area contributed by atoms with Crippen LogP contribution in [0.2, 0.25) is 0 Å². The summed E-state index contributed by atoms with van der Waals surface area (Å²) >= 11 is 0. The lowest BCUT2D eigenvalue weighted by atomic mass is 9.95. The van der Waals surface area contributed by atoms with Crippen LogP contribution in [-0.2, 0) is 9.53 Å². The second-order valence-electron chi connectivity index (χ2n) is 5.77. The summed E-state index contributed by atoms with van der Waals surface area (Å²) in [7, 11) is 0. The van der Waals surface area contributed by atoms with E-state index < -0.39 is 0 Å². The molecule has 0 bridgehead atoms. The number of hydrogen-bond acceptors (Lipinski definition) is 2. The van der Waals surface area contributed by atoms with E-state index in [1.807, 2.05) is 13.8 Å². The van der Waals surface area contributed by atoms with E-state index in [2.05, 4.69) is 38.7 Å². The average molecular weight is 306 g/mol. The van der Waals surface area contributed by atoms with Gasteiger partial charge in [0.25, 0.3) is 0 Å². The van der Waals surface area contributed by atoms with Gasteiger partial charge >= 0.3 is 5.97 Å². The molecule has 0 aromatic rings. The number of hydrogen-bond donors (Lipinski definition) is 0. The molecule has 1 unspecified atom stereocenters. The number of allylic oxidation sites excluding steroid dienone is 2. The van der Waals surface area contributed by atoms with Crippen molar-refractivity contribution in [1.82, 2.24) is 0 Å². The van der Waals surface area contributed by atoms with Crippen LogP contribution in [0.3, 0.4) is 0 Å². The summed E-state index contributed by atoms with van der Waals surface area (Å²) in [5.74, 6) is 0.541. The van der Waals surface area contributed by atoms with E-state index in [0.29, 0.717) is 18.9 Å². The van der Waals surface area contributed by atoms with Crippen LogP contribution in [0, 0.1) is 5.92 Å². The highest BCUT2D eigenvalue weighted by atomic mass is 16.5. The molecule has 0 heterocycles. The van der Waals surface area contributed by atoms with E-state index in [9.17, 15) is 4.79 Å². The Hall–Kier alpha value is -1.27. The minimum atomic E-state index is -0.162. The van der Waals surface area contributed by atoms with Crippen molar-refractivity contribution >= 4 is 5.97 Å². The maximum absolute atomic E-state index is 11.4. The third kappa shape index (κ3) is 10.5. The molecule has 2 nitrogen and oxygen atoms in total. The van der Waals surface area contributed by atoms with E-state index >= 15 is 0 Å². The Balaban J connectivity index is 4.30. The largest absolute Gasteiger partial charge is 0.466 e. The van der Waals surface area contributed by atoms with Crippen LogP contribution >= 0.6 is 0 Å². The van der Waals surface area contributed by atoms with Crippen molar-refractivity contribution in [2.45, 2.75) is 79.6 Å².